The van der Waals surface area contributed by atoms with Gasteiger partial charge in [-0.1, -0.05) is 23.8 Å². The van der Waals surface area contributed by atoms with Crippen LogP contribution in [0.3, 0.4) is 0 Å². The summed E-state index contributed by atoms with van der Waals surface area (Å²) >= 11 is 0. The summed E-state index contributed by atoms with van der Waals surface area (Å²) < 4.78 is 0. The summed E-state index contributed by atoms with van der Waals surface area (Å²) in [5, 5.41) is 0. The van der Waals surface area contributed by atoms with E-state index in [0.29, 0.717) is 6.54 Å². The molecule has 0 atom stereocenters. The Labute approximate surface area is 120 Å². The standard InChI is InChI=1S/C17H21N3/c1-13-6-7-16-15(12-13)5-3-11-20(16)17-14(8-9-18)4-2-10-19-17/h2,4,6-7,10,12H,3,5,8-9,11,18H2,1H3. The Bertz CT molecular complexity index is 607. The maximum Gasteiger partial charge on any atom is 0.136 e. The van der Waals surface area contributed by atoms with E-state index < -0.39 is 0 Å². The molecule has 2 N–H and O–H groups in total. The third kappa shape index (κ3) is 2.41. The van der Waals surface area contributed by atoms with Crippen molar-refractivity contribution in [2.24, 2.45) is 5.73 Å². The van der Waals surface area contributed by atoms with Crippen LogP contribution in [0.25, 0.3) is 0 Å². The summed E-state index contributed by atoms with van der Waals surface area (Å²) in [6, 6.07) is 10.8. The van der Waals surface area contributed by atoms with E-state index in [-0.39, 0.29) is 0 Å². The Morgan fingerprint density at radius 3 is 3.05 bits per heavy atom. The summed E-state index contributed by atoms with van der Waals surface area (Å²) in [5.41, 5.74) is 11.0. The summed E-state index contributed by atoms with van der Waals surface area (Å²) in [6.07, 6.45) is 5.08. The third-order valence-corrected chi connectivity index (χ3v) is 3.89. The second-order valence-corrected chi connectivity index (χ2v) is 5.41. The van der Waals surface area contributed by atoms with Crippen LogP contribution >= 0.6 is 0 Å². The summed E-state index contributed by atoms with van der Waals surface area (Å²) in [4.78, 5) is 6.96. The molecule has 1 aliphatic rings. The van der Waals surface area contributed by atoms with Gasteiger partial charge in [0.1, 0.15) is 5.82 Å². The number of hydrogen-bond donors (Lipinski definition) is 1. The molecule has 0 unspecified atom stereocenters. The molecule has 0 amide bonds. The first-order valence-electron chi connectivity index (χ1n) is 7.30. The highest BCUT2D eigenvalue weighted by Gasteiger charge is 2.20. The molecule has 0 bridgehead atoms. The molecule has 3 nitrogen and oxygen atoms in total. The second-order valence-electron chi connectivity index (χ2n) is 5.41. The number of benzene rings is 1. The van der Waals surface area contributed by atoms with Gasteiger partial charge in [-0.05, 0) is 56.0 Å². The SMILES string of the molecule is Cc1ccc2c(c1)CCCN2c1ncccc1CCN. The molecule has 1 aliphatic heterocycles. The molecule has 0 saturated carbocycles. The number of fused-ring (bicyclic) bond motifs is 1. The fraction of sp³-hybridized carbons (Fsp3) is 0.353. The molecular formula is C17H21N3. The Kier molecular flexibility index (Phi) is 3.70. The molecule has 104 valence electrons. The smallest absolute Gasteiger partial charge is 0.136 e. The van der Waals surface area contributed by atoms with Crippen LogP contribution in [0.5, 0.6) is 0 Å². The van der Waals surface area contributed by atoms with Crippen LogP contribution in [0.4, 0.5) is 11.5 Å². The van der Waals surface area contributed by atoms with E-state index in [0.717, 1.165) is 25.2 Å². The quantitative estimate of drug-likeness (QED) is 0.929. The molecule has 1 aromatic carbocycles. The average Bonchev–Trinajstić information content (AvgIpc) is 2.47. The van der Waals surface area contributed by atoms with Crippen molar-refractivity contribution in [1.82, 2.24) is 4.98 Å². The Hall–Kier alpha value is -1.87. The first-order chi connectivity index (χ1) is 9.79. The summed E-state index contributed by atoms with van der Waals surface area (Å²) in [7, 11) is 0. The zero-order chi connectivity index (χ0) is 13.9. The zero-order valence-corrected chi connectivity index (χ0v) is 12.0. The zero-order valence-electron chi connectivity index (χ0n) is 12.0. The lowest BCUT2D eigenvalue weighted by Gasteiger charge is -2.32. The Morgan fingerprint density at radius 1 is 1.30 bits per heavy atom. The van der Waals surface area contributed by atoms with Gasteiger partial charge in [-0.25, -0.2) is 4.98 Å². The van der Waals surface area contributed by atoms with E-state index in [4.69, 9.17) is 5.73 Å². The second kappa shape index (κ2) is 5.63. The van der Waals surface area contributed by atoms with E-state index in [1.165, 1.54) is 28.8 Å². The van der Waals surface area contributed by atoms with Crippen molar-refractivity contribution in [2.75, 3.05) is 18.0 Å². The van der Waals surface area contributed by atoms with Crippen molar-refractivity contribution in [3.05, 3.63) is 53.2 Å². The molecule has 0 fully saturated rings. The number of aryl methyl sites for hydroxylation is 2. The van der Waals surface area contributed by atoms with Crippen LogP contribution in [0.15, 0.2) is 36.5 Å². The van der Waals surface area contributed by atoms with Crippen molar-refractivity contribution in [2.45, 2.75) is 26.2 Å². The molecular weight excluding hydrogens is 246 g/mol. The number of pyridine rings is 1. The number of rotatable bonds is 3. The van der Waals surface area contributed by atoms with Crippen molar-refractivity contribution in [3.63, 3.8) is 0 Å². The number of hydrogen-bond acceptors (Lipinski definition) is 3. The lowest BCUT2D eigenvalue weighted by atomic mass is 9.99. The predicted molar refractivity (Wildman–Crippen MR) is 83.5 cm³/mol. The van der Waals surface area contributed by atoms with Gasteiger partial charge in [0.2, 0.25) is 0 Å². The highest BCUT2D eigenvalue weighted by atomic mass is 15.2. The van der Waals surface area contributed by atoms with Gasteiger partial charge >= 0.3 is 0 Å². The van der Waals surface area contributed by atoms with E-state index in [9.17, 15) is 0 Å². The molecule has 2 heterocycles. The minimum Gasteiger partial charge on any atom is -0.330 e. The van der Waals surface area contributed by atoms with Crippen molar-refractivity contribution in [3.8, 4) is 0 Å². The lowest BCUT2D eigenvalue weighted by Crippen LogP contribution is -2.26. The first-order valence-corrected chi connectivity index (χ1v) is 7.30. The highest BCUT2D eigenvalue weighted by molar-refractivity contribution is 5.68. The largest absolute Gasteiger partial charge is 0.330 e. The van der Waals surface area contributed by atoms with Gasteiger partial charge in [0.25, 0.3) is 0 Å². The van der Waals surface area contributed by atoms with Crippen LogP contribution in [0.2, 0.25) is 0 Å². The van der Waals surface area contributed by atoms with Gasteiger partial charge in [0, 0.05) is 18.4 Å². The monoisotopic (exact) mass is 267 g/mol. The van der Waals surface area contributed by atoms with Crippen LogP contribution < -0.4 is 10.6 Å². The molecule has 0 spiro atoms. The summed E-state index contributed by atoms with van der Waals surface area (Å²) in [6.45, 7) is 3.85. The van der Waals surface area contributed by atoms with E-state index in [1.54, 1.807) is 0 Å². The fourth-order valence-corrected chi connectivity index (χ4v) is 2.97. The highest BCUT2D eigenvalue weighted by Crippen LogP contribution is 2.34. The molecule has 2 aromatic rings. The average molecular weight is 267 g/mol. The predicted octanol–water partition coefficient (Wildman–Crippen LogP) is 2.98. The van der Waals surface area contributed by atoms with Crippen molar-refractivity contribution in [1.29, 1.82) is 0 Å². The molecule has 20 heavy (non-hydrogen) atoms. The number of aromatic nitrogens is 1. The van der Waals surface area contributed by atoms with Gasteiger partial charge in [0.15, 0.2) is 0 Å². The number of nitrogens with zero attached hydrogens (tertiary/aromatic N) is 2. The summed E-state index contributed by atoms with van der Waals surface area (Å²) in [5.74, 6) is 1.07. The van der Waals surface area contributed by atoms with Crippen molar-refractivity contribution < 1.29 is 0 Å². The maximum absolute atomic E-state index is 5.73. The van der Waals surface area contributed by atoms with Crippen molar-refractivity contribution >= 4 is 11.5 Å². The number of nitrogens with two attached hydrogens (primary N) is 1. The first kappa shape index (κ1) is 13.1. The normalized spacial score (nSPS) is 14.2. The minimum atomic E-state index is 0.660. The lowest BCUT2D eigenvalue weighted by molar-refractivity contribution is 0.753. The van der Waals surface area contributed by atoms with Crippen LogP contribution in [-0.4, -0.2) is 18.1 Å². The molecule has 0 saturated heterocycles. The van der Waals surface area contributed by atoms with Gasteiger partial charge < -0.3 is 10.6 Å². The third-order valence-electron chi connectivity index (χ3n) is 3.89. The van der Waals surface area contributed by atoms with E-state index >= 15 is 0 Å². The van der Waals surface area contributed by atoms with Crippen LogP contribution in [-0.2, 0) is 12.8 Å². The van der Waals surface area contributed by atoms with Gasteiger partial charge in [-0.2, -0.15) is 0 Å². The van der Waals surface area contributed by atoms with Crippen LogP contribution in [0.1, 0.15) is 23.1 Å². The molecule has 3 heteroatoms. The topological polar surface area (TPSA) is 42.2 Å². The van der Waals surface area contributed by atoms with Gasteiger partial charge in [-0.3, -0.25) is 0 Å². The molecule has 0 radical (unpaired) electrons. The molecule has 3 rings (SSSR count). The van der Waals surface area contributed by atoms with E-state index in [2.05, 4.69) is 41.1 Å². The maximum atomic E-state index is 5.73. The fourth-order valence-electron chi connectivity index (χ4n) is 2.97. The molecule has 1 aromatic heterocycles. The Morgan fingerprint density at radius 2 is 2.20 bits per heavy atom. The Balaban J connectivity index is 2.04. The molecule has 0 aliphatic carbocycles. The van der Waals surface area contributed by atoms with Crippen LogP contribution in [0, 0.1) is 6.92 Å². The van der Waals surface area contributed by atoms with Gasteiger partial charge in [0.05, 0.1) is 0 Å². The minimum absolute atomic E-state index is 0.660. The van der Waals surface area contributed by atoms with E-state index in [1.807, 2.05) is 12.3 Å². The van der Waals surface area contributed by atoms with Gasteiger partial charge in [-0.15, -0.1) is 0 Å². The number of anilines is 2.